The molecule has 1 fully saturated rings. The lowest BCUT2D eigenvalue weighted by Gasteiger charge is -2.23. The van der Waals surface area contributed by atoms with Crippen molar-refractivity contribution in [1.82, 2.24) is 19.6 Å². The van der Waals surface area contributed by atoms with Gasteiger partial charge in [0.05, 0.1) is 19.0 Å². The molecular weight excluding hydrogens is 404 g/mol. The van der Waals surface area contributed by atoms with Gasteiger partial charge in [0, 0.05) is 25.8 Å². The van der Waals surface area contributed by atoms with Gasteiger partial charge >= 0.3 is 0 Å². The van der Waals surface area contributed by atoms with E-state index in [1.807, 2.05) is 48.8 Å². The minimum Gasteiger partial charge on any atom is -0.493 e. The smallest absolute Gasteiger partial charge is 0.161 e. The molecule has 4 rings (SSSR count). The summed E-state index contributed by atoms with van der Waals surface area (Å²) >= 11 is 0. The maximum Gasteiger partial charge on any atom is 0.161 e. The first kappa shape index (κ1) is 22.6. The van der Waals surface area contributed by atoms with Crippen molar-refractivity contribution < 1.29 is 14.6 Å². The number of aromatic nitrogens is 2. The van der Waals surface area contributed by atoms with Crippen LogP contribution in [0.1, 0.15) is 36.9 Å². The standard InChI is InChI=1S/C25H34N4O3/c1-31-24-14-20(15-26-16-21-17-27-25-8-4-7-13-29(21)25)9-10-23(24)32-19-22(30)18-28-11-5-2-3-6-12-28/h4,7-10,13-14,17,22,26,30H,2-3,5-6,11-12,15-16,18-19H2,1H3/t22-/m1/s1. The van der Waals surface area contributed by atoms with E-state index in [1.54, 1.807) is 7.11 Å². The third-order valence-electron chi connectivity index (χ3n) is 5.96. The van der Waals surface area contributed by atoms with Crippen LogP contribution in [-0.4, -0.2) is 58.8 Å². The number of benzene rings is 1. The Labute approximate surface area is 190 Å². The van der Waals surface area contributed by atoms with Crippen molar-refractivity contribution in [2.45, 2.75) is 44.9 Å². The van der Waals surface area contributed by atoms with Gasteiger partial charge in [-0.05, 0) is 55.8 Å². The number of nitrogens with one attached hydrogen (secondary N) is 1. The molecule has 1 aromatic carbocycles. The van der Waals surface area contributed by atoms with Gasteiger partial charge in [0.15, 0.2) is 11.5 Å². The fourth-order valence-electron chi connectivity index (χ4n) is 4.25. The maximum atomic E-state index is 10.4. The Hall–Kier alpha value is -2.61. The second-order valence-electron chi connectivity index (χ2n) is 8.45. The van der Waals surface area contributed by atoms with Crippen molar-refractivity contribution >= 4 is 5.65 Å². The molecule has 1 aliphatic heterocycles. The Kier molecular flexibility index (Phi) is 7.98. The van der Waals surface area contributed by atoms with Crippen LogP contribution in [0, 0.1) is 0 Å². The number of fused-ring (bicyclic) bond motifs is 1. The van der Waals surface area contributed by atoms with Crippen molar-refractivity contribution in [2.75, 3.05) is 33.4 Å². The van der Waals surface area contributed by atoms with E-state index in [4.69, 9.17) is 9.47 Å². The molecule has 2 N–H and O–H groups in total. The predicted molar refractivity (Wildman–Crippen MR) is 125 cm³/mol. The van der Waals surface area contributed by atoms with Crippen molar-refractivity contribution in [2.24, 2.45) is 0 Å². The second-order valence-corrected chi connectivity index (χ2v) is 8.45. The summed E-state index contributed by atoms with van der Waals surface area (Å²) in [5.41, 5.74) is 3.17. The summed E-state index contributed by atoms with van der Waals surface area (Å²) in [7, 11) is 1.64. The third-order valence-corrected chi connectivity index (χ3v) is 5.96. The molecule has 3 aromatic rings. The summed E-state index contributed by atoms with van der Waals surface area (Å²) in [5, 5.41) is 13.9. The Balaban J connectivity index is 1.27. The molecule has 172 valence electrons. The molecule has 0 spiro atoms. The zero-order valence-electron chi connectivity index (χ0n) is 18.9. The molecule has 1 aliphatic rings. The van der Waals surface area contributed by atoms with E-state index in [1.165, 1.54) is 25.7 Å². The van der Waals surface area contributed by atoms with Crippen LogP contribution >= 0.6 is 0 Å². The van der Waals surface area contributed by atoms with Crippen molar-refractivity contribution in [3.63, 3.8) is 0 Å². The summed E-state index contributed by atoms with van der Waals surface area (Å²) in [5.74, 6) is 1.34. The quantitative estimate of drug-likeness (QED) is 0.506. The number of nitrogens with zero attached hydrogens (tertiary/aromatic N) is 3. The topological polar surface area (TPSA) is 71.3 Å². The van der Waals surface area contributed by atoms with Crippen LogP contribution in [0.3, 0.4) is 0 Å². The number of hydrogen-bond donors (Lipinski definition) is 2. The summed E-state index contributed by atoms with van der Waals surface area (Å²) in [6, 6.07) is 11.9. The summed E-state index contributed by atoms with van der Waals surface area (Å²) < 4.78 is 13.5. The number of β-amino-alcohol motifs (C(OH)–C–C–N with tert-alkyl or cyclic N) is 1. The van der Waals surface area contributed by atoms with Gasteiger partial charge in [0.25, 0.3) is 0 Å². The number of aliphatic hydroxyl groups excluding tert-OH is 1. The number of pyridine rings is 1. The van der Waals surface area contributed by atoms with E-state index < -0.39 is 6.10 Å². The first-order chi connectivity index (χ1) is 15.7. The molecule has 0 unspecified atom stereocenters. The predicted octanol–water partition coefficient (Wildman–Crippen LogP) is 3.25. The highest BCUT2D eigenvalue weighted by atomic mass is 16.5. The van der Waals surface area contributed by atoms with E-state index in [2.05, 4.69) is 19.6 Å². The summed E-state index contributed by atoms with van der Waals surface area (Å²) in [4.78, 5) is 6.77. The lowest BCUT2D eigenvalue weighted by Crippen LogP contribution is -2.36. The zero-order chi connectivity index (χ0) is 22.2. The van der Waals surface area contributed by atoms with Crippen molar-refractivity contribution in [1.29, 1.82) is 0 Å². The van der Waals surface area contributed by atoms with Crippen LogP contribution in [0.15, 0.2) is 48.8 Å². The molecule has 32 heavy (non-hydrogen) atoms. The molecule has 0 aliphatic carbocycles. The van der Waals surface area contributed by atoms with Gasteiger partial charge in [-0.3, -0.25) is 0 Å². The Morgan fingerprint density at radius 2 is 1.91 bits per heavy atom. The van der Waals surface area contributed by atoms with Crippen LogP contribution in [0.25, 0.3) is 5.65 Å². The molecule has 0 bridgehead atoms. The fourth-order valence-corrected chi connectivity index (χ4v) is 4.25. The number of rotatable bonds is 10. The molecular formula is C25H34N4O3. The first-order valence-corrected chi connectivity index (χ1v) is 11.5. The van der Waals surface area contributed by atoms with Gasteiger partial charge in [-0.15, -0.1) is 0 Å². The molecule has 2 aromatic heterocycles. The van der Waals surface area contributed by atoms with Gasteiger partial charge in [0.2, 0.25) is 0 Å². The molecule has 0 amide bonds. The maximum absolute atomic E-state index is 10.4. The fraction of sp³-hybridized carbons (Fsp3) is 0.480. The van der Waals surface area contributed by atoms with Gasteiger partial charge in [-0.1, -0.05) is 25.0 Å². The molecule has 0 saturated carbocycles. The Bertz CT molecular complexity index is 982. The molecule has 7 heteroatoms. The average molecular weight is 439 g/mol. The first-order valence-electron chi connectivity index (χ1n) is 11.5. The third kappa shape index (κ3) is 6.00. The van der Waals surface area contributed by atoms with Crippen LogP contribution in [0.2, 0.25) is 0 Å². The Morgan fingerprint density at radius 3 is 2.72 bits per heavy atom. The van der Waals surface area contributed by atoms with Gasteiger partial charge in [-0.25, -0.2) is 4.98 Å². The number of likely N-dealkylation sites (tertiary alicyclic amines) is 1. The lowest BCUT2D eigenvalue weighted by molar-refractivity contribution is 0.0683. The summed E-state index contributed by atoms with van der Waals surface area (Å²) in [6.07, 6.45) is 8.43. The number of ether oxygens (including phenoxy) is 2. The molecule has 1 saturated heterocycles. The lowest BCUT2D eigenvalue weighted by atomic mass is 10.2. The van der Waals surface area contributed by atoms with Crippen LogP contribution in [0.5, 0.6) is 11.5 Å². The van der Waals surface area contributed by atoms with Crippen LogP contribution < -0.4 is 14.8 Å². The van der Waals surface area contributed by atoms with E-state index in [-0.39, 0.29) is 6.61 Å². The van der Waals surface area contributed by atoms with Crippen LogP contribution in [0.4, 0.5) is 0 Å². The SMILES string of the molecule is COc1cc(CNCc2cnc3ccccn23)ccc1OC[C@H](O)CN1CCCCCC1. The number of hydrogen-bond acceptors (Lipinski definition) is 6. The number of methoxy groups -OCH3 is 1. The van der Waals surface area contributed by atoms with Crippen molar-refractivity contribution in [3.05, 3.63) is 60.0 Å². The van der Waals surface area contributed by atoms with E-state index in [9.17, 15) is 5.11 Å². The van der Waals surface area contributed by atoms with Gasteiger partial charge < -0.3 is 29.2 Å². The highest BCUT2D eigenvalue weighted by molar-refractivity contribution is 5.43. The Morgan fingerprint density at radius 1 is 1.06 bits per heavy atom. The zero-order valence-corrected chi connectivity index (χ0v) is 18.9. The highest BCUT2D eigenvalue weighted by Crippen LogP contribution is 2.28. The normalized spacial score (nSPS) is 16.1. The minimum absolute atomic E-state index is 0.263. The largest absolute Gasteiger partial charge is 0.493 e. The van der Waals surface area contributed by atoms with Crippen molar-refractivity contribution in [3.8, 4) is 11.5 Å². The molecule has 3 heterocycles. The van der Waals surface area contributed by atoms with E-state index in [0.29, 0.717) is 31.1 Å². The second kappa shape index (κ2) is 11.3. The molecule has 7 nitrogen and oxygen atoms in total. The van der Waals surface area contributed by atoms with Gasteiger partial charge in [-0.2, -0.15) is 0 Å². The highest BCUT2D eigenvalue weighted by Gasteiger charge is 2.15. The van der Waals surface area contributed by atoms with E-state index >= 15 is 0 Å². The number of imidazole rings is 1. The van der Waals surface area contributed by atoms with Gasteiger partial charge in [0.1, 0.15) is 18.4 Å². The number of aliphatic hydroxyl groups is 1. The van der Waals surface area contributed by atoms with E-state index in [0.717, 1.165) is 30.0 Å². The summed E-state index contributed by atoms with van der Waals surface area (Å²) in [6.45, 7) is 4.48. The minimum atomic E-state index is -0.510. The van der Waals surface area contributed by atoms with Crippen LogP contribution in [-0.2, 0) is 13.1 Å². The molecule has 1 atom stereocenters. The monoisotopic (exact) mass is 438 g/mol. The molecule has 0 radical (unpaired) electrons. The average Bonchev–Trinajstić information content (AvgIpc) is 3.05.